The van der Waals surface area contributed by atoms with Crippen LogP contribution < -0.4 is 9.47 Å². The van der Waals surface area contributed by atoms with Crippen molar-refractivity contribution in [2.45, 2.75) is 51.2 Å². The number of methoxy groups -OCH3 is 1. The van der Waals surface area contributed by atoms with Crippen LogP contribution in [0.2, 0.25) is 0 Å². The van der Waals surface area contributed by atoms with E-state index in [9.17, 15) is 14.7 Å². The largest absolute Gasteiger partial charge is 0.493 e. The molecule has 1 fully saturated rings. The summed E-state index contributed by atoms with van der Waals surface area (Å²) < 4.78 is 16.9. The lowest BCUT2D eigenvalue weighted by atomic mass is 9.74. The number of hydrogen-bond donors (Lipinski definition) is 1. The Labute approximate surface area is 187 Å². The normalized spacial score (nSPS) is 21.6. The molecule has 7 heteroatoms. The van der Waals surface area contributed by atoms with E-state index < -0.39 is 5.97 Å². The number of carbonyl (C=O) groups excluding carboxylic acids is 1. The minimum Gasteiger partial charge on any atom is -0.493 e. The maximum absolute atomic E-state index is 11.5. The van der Waals surface area contributed by atoms with Gasteiger partial charge in [0, 0.05) is 24.0 Å². The summed E-state index contributed by atoms with van der Waals surface area (Å²) in [6.45, 7) is 3.86. The lowest BCUT2D eigenvalue weighted by molar-refractivity contribution is -0.148. The highest BCUT2D eigenvalue weighted by atomic mass is 16.5. The Hall–Kier alpha value is -3.35. The van der Waals surface area contributed by atoms with Gasteiger partial charge in [-0.1, -0.05) is 12.1 Å². The van der Waals surface area contributed by atoms with Gasteiger partial charge in [-0.25, -0.2) is 4.79 Å². The molecule has 32 heavy (non-hydrogen) atoms. The first-order valence-corrected chi connectivity index (χ1v) is 10.8. The summed E-state index contributed by atoms with van der Waals surface area (Å²) in [6.07, 6.45) is 2.06. The number of aliphatic imine (C=N–C) groups is 1. The van der Waals surface area contributed by atoms with Crippen molar-refractivity contribution in [2.24, 2.45) is 4.99 Å². The van der Waals surface area contributed by atoms with Crippen molar-refractivity contribution in [1.29, 1.82) is 0 Å². The number of carboxylic acid groups (broad SMARTS) is 1. The molecule has 1 N–H and O–H groups in total. The first kappa shape index (κ1) is 21.9. The van der Waals surface area contributed by atoms with Crippen molar-refractivity contribution >= 4 is 17.7 Å². The summed E-state index contributed by atoms with van der Waals surface area (Å²) in [5.74, 6) is 0.0668. The molecule has 0 bridgehead atoms. The van der Waals surface area contributed by atoms with E-state index in [0.29, 0.717) is 24.5 Å². The van der Waals surface area contributed by atoms with E-state index in [1.165, 1.54) is 6.92 Å². The SMILES string of the molecule is CCOc1cc2c(cc1OC)C(c1cccc(C(=O)O)c1)=NC1CCC(OC(C)=O)CC21. The van der Waals surface area contributed by atoms with Crippen LogP contribution in [0.1, 0.15) is 66.1 Å². The van der Waals surface area contributed by atoms with Gasteiger partial charge in [0.15, 0.2) is 11.5 Å². The summed E-state index contributed by atoms with van der Waals surface area (Å²) in [5, 5.41) is 9.45. The van der Waals surface area contributed by atoms with Crippen molar-refractivity contribution < 1.29 is 28.9 Å². The van der Waals surface area contributed by atoms with E-state index in [1.54, 1.807) is 25.3 Å². The maximum atomic E-state index is 11.5. The van der Waals surface area contributed by atoms with Crippen LogP contribution in [0, 0.1) is 0 Å². The van der Waals surface area contributed by atoms with E-state index in [-0.39, 0.29) is 29.6 Å². The average molecular weight is 437 g/mol. The Morgan fingerprint density at radius 3 is 2.66 bits per heavy atom. The number of hydrogen-bond acceptors (Lipinski definition) is 6. The minimum atomic E-state index is -0.979. The van der Waals surface area contributed by atoms with Crippen molar-refractivity contribution in [3.05, 3.63) is 58.7 Å². The first-order valence-electron chi connectivity index (χ1n) is 10.8. The zero-order valence-corrected chi connectivity index (χ0v) is 18.5. The smallest absolute Gasteiger partial charge is 0.335 e. The van der Waals surface area contributed by atoms with E-state index in [2.05, 4.69) is 0 Å². The number of benzene rings is 2. The molecule has 3 atom stereocenters. The Kier molecular flexibility index (Phi) is 6.17. The van der Waals surface area contributed by atoms with Gasteiger partial charge in [-0.15, -0.1) is 0 Å². The molecule has 0 aromatic heterocycles. The average Bonchev–Trinajstić information content (AvgIpc) is 2.78. The molecule has 4 rings (SSSR count). The van der Waals surface area contributed by atoms with Gasteiger partial charge in [0.05, 0.1) is 31.0 Å². The molecule has 2 aromatic rings. The summed E-state index contributed by atoms with van der Waals surface area (Å²) >= 11 is 0. The van der Waals surface area contributed by atoms with Crippen LogP contribution in [0.3, 0.4) is 0 Å². The van der Waals surface area contributed by atoms with Gasteiger partial charge in [0.25, 0.3) is 0 Å². The Bertz CT molecular complexity index is 1080. The fourth-order valence-electron chi connectivity index (χ4n) is 4.73. The van der Waals surface area contributed by atoms with Crippen LogP contribution in [-0.4, -0.2) is 48.6 Å². The van der Waals surface area contributed by atoms with Gasteiger partial charge in [0.1, 0.15) is 6.10 Å². The number of aromatic carboxylic acids is 1. The first-order chi connectivity index (χ1) is 15.4. The minimum absolute atomic E-state index is 0.0145. The van der Waals surface area contributed by atoms with Crippen molar-refractivity contribution in [1.82, 2.24) is 0 Å². The van der Waals surface area contributed by atoms with E-state index >= 15 is 0 Å². The number of fused-ring (bicyclic) bond motifs is 3. The van der Waals surface area contributed by atoms with Gasteiger partial charge >= 0.3 is 11.9 Å². The molecule has 1 saturated carbocycles. The zero-order chi connectivity index (χ0) is 22.8. The molecular formula is C25H27NO6. The summed E-state index contributed by atoms with van der Waals surface area (Å²) in [5.41, 5.74) is 3.65. The quantitative estimate of drug-likeness (QED) is 0.681. The Morgan fingerprint density at radius 1 is 1.16 bits per heavy atom. The van der Waals surface area contributed by atoms with Crippen molar-refractivity contribution in [3.8, 4) is 11.5 Å². The fourth-order valence-corrected chi connectivity index (χ4v) is 4.73. The highest BCUT2D eigenvalue weighted by molar-refractivity contribution is 6.15. The van der Waals surface area contributed by atoms with Gasteiger partial charge in [-0.3, -0.25) is 9.79 Å². The predicted octanol–water partition coefficient (Wildman–Crippen LogP) is 4.21. The summed E-state index contributed by atoms with van der Waals surface area (Å²) in [6, 6.07) is 10.8. The second-order valence-corrected chi connectivity index (χ2v) is 8.11. The molecule has 0 radical (unpaired) electrons. The standard InChI is InChI=1S/C25H27NO6/c1-4-31-23-12-18-19-11-17(32-14(2)27)8-9-21(19)26-24(20(18)13-22(23)30-3)15-6-5-7-16(10-15)25(28)29/h5-7,10,12-13,17,19,21H,4,8-9,11H2,1-3H3,(H,28,29). The molecule has 1 aliphatic carbocycles. The van der Waals surface area contributed by atoms with Crippen LogP contribution in [0.25, 0.3) is 0 Å². The van der Waals surface area contributed by atoms with Crippen molar-refractivity contribution in [2.75, 3.05) is 13.7 Å². The number of carboxylic acids is 1. The molecule has 1 aliphatic heterocycles. The third kappa shape index (κ3) is 4.20. The fraction of sp³-hybridized carbons (Fsp3) is 0.400. The van der Waals surface area contributed by atoms with Gasteiger partial charge < -0.3 is 19.3 Å². The third-order valence-electron chi connectivity index (χ3n) is 6.07. The number of ether oxygens (including phenoxy) is 3. The monoisotopic (exact) mass is 437 g/mol. The molecular weight excluding hydrogens is 410 g/mol. The molecule has 2 aliphatic rings. The number of nitrogens with zero attached hydrogens (tertiary/aromatic N) is 1. The Balaban J connectivity index is 1.84. The number of carbonyl (C=O) groups is 2. The highest BCUT2D eigenvalue weighted by Gasteiger charge is 2.38. The molecule has 7 nitrogen and oxygen atoms in total. The van der Waals surface area contributed by atoms with Gasteiger partial charge in [-0.2, -0.15) is 0 Å². The van der Waals surface area contributed by atoms with Crippen molar-refractivity contribution in [3.63, 3.8) is 0 Å². The molecule has 2 aromatic carbocycles. The zero-order valence-electron chi connectivity index (χ0n) is 18.5. The predicted molar refractivity (Wildman–Crippen MR) is 119 cm³/mol. The van der Waals surface area contributed by atoms with Gasteiger partial charge in [-0.05, 0) is 56.0 Å². The second-order valence-electron chi connectivity index (χ2n) is 8.11. The lowest BCUT2D eigenvalue weighted by Crippen LogP contribution is -2.36. The molecule has 0 amide bonds. The lowest BCUT2D eigenvalue weighted by Gasteiger charge is -2.38. The van der Waals surface area contributed by atoms with Crippen LogP contribution in [0.5, 0.6) is 11.5 Å². The highest BCUT2D eigenvalue weighted by Crippen LogP contribution is 2.45. The maximum Gasteiger partial charge on any atom is 0.335 e. The van der Waals surface area contributed by atoms with Crippen LogP contribution in [0.4, 0.5) is 0 Å². The van der Waals surface area contributed by atoms with E-state index in [1.807, 2.05) is 25.1 Å². The second kappa shape index (κ2) is 9.02. The van der Waals surface area contributed by atoms with Crippen LogP contribution >= 0.6 is 0 Å². The molecule has 1 heterocycles. The number of rotatable bonds is 6. The van der Waals surface area contributed by atoms with Crippen LogP contribution in [0.15, 0.2) is 41.4 Å². The summed E-state index contributed by atoms with van der Waals surface area (Å²) in [4.78, 5) is 28.1. The molecule has 168 valence electrons. The molecule has 3 unspecified atom stereocenters. The molecule has 0 saturated heterocycles. The topological polar surface area (TPSA) is 94.4 Å². The van der Waals surface area contributed by atoms with Crippen LogP contribution in [-0.2, 0) is 9.53 Å². The Morgan fingerprint density at radius 2 is 1.97 bits per heavy atom. The molecule has 0 spiro atoms. The third-order valence-corrected chi connectivity index (χ3v) is 6.07. The van der Waals surface area contributed by atoms with E-state index in [0.717, 1.165) is 35.2 Å². The summed E-state index contributed by atoms with van der Waals surface area (Å²) in [7, 11) is 1.59. The van der Waals surface area contributed by atoms with Gasteiger partial charge in [0.2, 0.25) is 0 Å². The number of esters is 1. The van der Waals surface area contributed by atoms with E-state index in [4.69, 9.17) is 19.2 Å².